The predicted molar refractivity (Wildman–Crippen MR) is 87.3 cm³/mol. The number of rotatable bonds is 4. The number of halogens is 1. The third-order valence-corrected chi connectivity index (χ3v) is 3.54. The second-order valence-electron chi connectivity index (χ2n) is 5.23. The average Bonchev–Trinajstić information content (AvgIpc) is 3.03. The summed E-state index contributed by atoms with van der Waals surface area (Å²) in [5.74, 6) is -0.618. The lowest BCUT2D eigenvalue weighted by atomic mass is 10.1. The van der Waals surface area contributed by atoms with E-state index >= 15 is 0 Å². The molecular formula is C17H16FN5O. The Kier molecular flexibility index (Phi) is 4.33. The van der Waals surface area contributed by atoms with Gasteiger partial charge in [-0.05, 0) is 49.7 Å². The van der Waals surface area contributed by atoms with Gasteiger partial charge in [0.15, 0.2) is 5.69 Å². The van der Waals surface area contributed by atoms with E-state index in [0.29, 0.717) is 29.1 Å². The van der Waals surface area contributed by atoms with Crippen LogP contribution in [0.3, 0.4) is 0 Å². The molecule has 0 radical (unpaired) electrons. The molecule has 0 aliphatic rings. The summed E-state index contributed by atoms with van der Waals surface area (Å²) in [6.45, 7) is 3.98. The first-order chi connectivity index (χ1) is 11.6. The number of hydrogen-bond donors (Lipinski definition) is 1. The zero-order valence-corrected chi connectivity index (χ0v) is 13.3. The summed E-state index contributed by atoms with van der Waals surface area (Å²) in [5, 5.41) is 10.8. The van der Waals surface area contributed by atoms with E-state index in [0.717, 1.165) is 0 Å². The Morgan fingerprint density at radius 3 is 2.83 bits per heavy atom. The molecule has 1 amide bonds. The van der Waals surface area contributed by atoms with Crippen LogP contribution in [0.4, 0.5) is 4.39 Å². The van der Waals surface area contributed by atoms with E-state index in [2.05, 4.69) is 20.6 Å². The molecule has 0 spiro atoms. The van der Waals surface area contributed by atoms with E-state index in [-0.39, 0.29) is 17.4 Å². The molecule has 0 saturated heterocycles. The summed E-state index contributed by atoms with van der Waals surface area (Å²) in [6.07, 6.45) is 3.28. The second kappa shape index (κ2) is 6.57. The lowest BCUT2D eigenvalue weighted by Gasteiger charge is -2.09. The highest BCUT2D eigenvalue weighted by atomic mass is 19.1. The van der Waals surface area contributed by atoms with Gasteiger partial charge in [-0.3, -0.25) is 9.78 Å². The van der Waals surface area contributed by atoms with Crippen molar-refractivity contribution < 1.29 is 9.18 Å². The van der Waals surface area contributed by atoms with Gasteiger partial charge in [0.2, 0.25) is 0 Å². The van der Waals surface area contributed by atoms with Crippen LogP contribution in [0.2, 0.25) is 0 Å². The Morgan fingerprint density at radius 1 is 1.33 bits per heavy atom. The van der Waals surface area contributed by atoms with Crippen LogP contribution in [-0.4, -0.2) is 32.4 Å². The molecule has 2 heterocycles. The molecule has 1 aromatic carbocycles. The van der Waals surface area contributed by atoms with Crippen LogP contribution in [0.25, 0.3) is 16.9 Å². The number of pyridine rings is 1. The molecule has 0 unspecified atom stereocenters. The predicted octanol–water partition coefficient (Wildman–Crippen LogP) is 2.53. The maximum atomic E-state index is 13.6. The Labute approximate surface area is 138 Å². The van der Waals surface area contributed by atoms with Crippen molar-refractivity contribution in [2.45, 2.75) is 13.8 Å². The van der Waals surface area contributed by atoms with Gasteiger partial charge in [-0.15, -0.1) is 5.10 Å². The minimum absolute atomic E-state index is 0.201. The van der Waals surface area contributed by atoms with Crippen molar-refractivity contribution in [1.29, 1.82) is 0 Å². The Balaban J connectivity index is 2.19. The summed E-state index contributed by atoms with van der Waals surface area (Å²) < 4.78 is 15.1. The van der Waals surface area contributed by atoms with Gasteiger partial charge in [-0.2, -0.15) is 0 Å². The van der Waals surface area contributed by atoms with Crippen LogP contribution in [-0.2, 0) is 0 Å². The summed E-state index contributed by atoms with van der Waals surface area (Å²) >= 11 is 0. The van der Waals surface area contributed by atoms with E-state index < -0.39 is 0 Å². The fourth-order valence-electron chi connectivity index (χ4n) is 2.38. The highest BCUT2D eigenvalue weighted by molar-refractivity contribution is 5.98. The van der Waals surface area contributed by atoms with E-state index in [1.165, 1.54) is 10.7 Å². The maximum Gasteiger partial charge on any atom is 0.274 e. The van der Waals surface area contributed by atoms with Crippen molar-refractivity contribution in [2.24, 2.45) is 0 Å². The monoisotopic (exact) mass is 325 g/mol. The smallest absolute Gasteiger partial charge is 0.274 e. The summed E-state index contributed by atoms with van der Waals surface area (Å²) in [7, 11) is 0. The van der Waals surface area contributed by atoms with E-state index in [1.807, 2.05) is 13.0 Å². The van der Waals surface area contributed by atoms with Gasteiger partial charge in [0.25, 0.3) is 5.91 Å². The molecule has 0 aliphatic carbocycles. The summed E-state index contributed by atoms with van der Waals surface area (Å²) in [6, 6.07) is 8.21. The first-order valence-corrected chi connectivity index (χ1v) is 7.52. The fraction of sp³-hybridized carbons (Fsp3) is 0.176. The standard InChI is InChI=1S/C17H16FN5O/c1-3-20-17(24)15-16(12-5-4-8-19-10-12)23(22-21-15)13-6-7-14(18)11(2)9-13/h4-10H,3H2,1-2H3,(H,20,24). The normalized spacial score (nSPS) is 10.6. The number of nitrogens with zero attached hydrogens (tertiary/aromatic N) is 4. The van der Waals surface area contributed by atoms with Gasteiger partial charge in [0.1, 0.15) is 11.5 Å². The molecular weight excluding hydrogens is 309 g/mol. The van der Waals surface area contributed by atoms with E-state index in [1.54, 1.807) is 37.5 Å². The molecule has 0 atom stereocenters. The number of aryl methyl sites for hydroxylation is 1. The van der Waals surface area contributed by atoms with Gasteiger partial charge in [-0.1, -0.05) is 5.21 Å². The van der Waals surface area contributed by atoms with Gasteiger partial charge >= 0.3 is 0 Å². The summed E-state index contributed by atoms with van der Waals surface area (Å²) in [5.41, 5.74) is 2.52. The van der Waals surface area contributed by atoms with Crippen molar-refractivity contribution in [3.05, 3.63) is 59.8 Å². The van der Waals surface area contributed by atoms with Crippen LogP contribution in [0.1, 0.15) is 23.0 Å². The van der Waals surface area contributed by atoms with Gasteiger partial charge in [0, 0.05) is 24.5 Å². The lowest BCUT2D eigenvalue weighted by molar-refractivity contribution is 0.0951. The highest BCUT2D eigenvalue weighted by Gasteiger charge is 2.22. The van der Waals surface area contributed by atoms with E-state index in [4.69, 9.17) is 0 Å². The molecule has 0 fully saturated rings. The molecule has 2 aromatic heterocycles. The number of benzene rings is 1. The SMILES string of the molecule is CCNC(=O)c1nnn(-c2ccc(F)c(C)c2)c1-c1cccnc1. The Morgan fingerprint density at radius 2 is 2.17 bits per heavy atom. The Bertz CT molecular complexity index is 876. The fourth-order valence-corrected chi connectivity index (χ4v) is 2.38. The first-order valence-electron chi connectivity index (χ1n) is 7.52. The third-order valence-electron chi connectivity index (χ3n) is 3.54. The molecule has 0 saturated carbocycles. The van der Waals surface area contributed by atoms with Crippen molar-refractivity contribution in [3.8, 4) is 16.9 Å². The number of amides is 1. The van der Waals surface area contributed by atoms with Crippen LogP contribution in [0.5, 0.6) is 0 Å². The van der Waals surface area contributed by atoms with Crippen LogP contribution >= 0.6 is 0 Å². The van der Waals surface area contributed by atoms with Crippen LogP contribution in [0.15, 0.2) is 42.7 Å². The third kappa shape index (κ3) is 2.88. The zero-order valence-electron chi connectivity index (χ0n) is 13.3. The molecule has 3 aromatic rings. The number of nitrogens with one attached hydrogen (secondary N) is 1. The molecule has 24 heavy (non-hydrogen) atoms. The highest BCUT2D eigenvalue weighted by Crippen LogP contribution is 2.25. The minimum atomic E-state index is -0.318. The first kappa shape index (κ1) is 15.8. The summed E-state index contributed by atoms with van der Waals surface area (Å²) in [4.78, 5) is 16.4. The molecule has 1 N–H and O–H groups in total. The Hall–Kier alpha value is -3.09. The lowest BCUT2D eigenvalue weighted by Crippen LogP contribution is -2.23. The van der Waals surface area contributed by atoms with Gasteiger partial charge < -0.3 is 5.32 Å². The average molecular weight is 325 g/mol. The minimum Gasteiger partial charge on any atom is -0.351 e. The van der Waals surface area contributed by atoms with Gasteiger partial charge in [-0.25, -0.2) is 9.07 Å². The quantitative estimate of drug-likeness (QED) is 0.800. The van der Waals surface area contributed by atoms with Crippen LogP contribution < -0.4 is 5.32 Å². The van der Waals surface area contributed by atoms with E-state index in [9.17, 15) is 9.18 Å². The molecule has 122 valence electrons. The second-order valence-corrected chi connectivity index (χ2v) is 5.23. The number of hydrogen-bond acceptors (Lipinski definition) is 4. The molecule has 0 aliphatic heterocycles. The largest absolute Gasteiger partial charge is 0.351 e. The maximum absolute atomic E-state index is 13.6. The topological polar surface area (TPSA) is 72.7 Å². The van der Waals surface area contributed by atoms with Crippen molar-refractivity contribution in [3.63, 3.8) is 0 Å². The number of carbonyl (C=O) groups is 1. The number of carbonyl (C=O) groups excluding carboxylic acids is 1. The molecule has 6 nitrogen and oxygen atoms in total. The molecule has 7 heteroatoms. The van der Waals surface area contributed by atoms with Crippen molar-refractivity contribution >= 4 is 5.91 Å². The van der Waals surface area contributed by atoms with Crippen molar-refractivity contribution in [2.75, 3.05) is 6.54 Å². The van der Waals surface area contributed by atoms with Gasteiger partial charge in [0.05, 0.1) is 5.69 Å². The van der Waals surface area contributed by atoms with Crippen molar-refractivity contribution in [1.82, 2.24) is 25.3 Å². The zero-order chi connectivity index (χ0) is 17.1. The molecule has 3 rings (SSSR count). The number of aromatic nitrogens is 4. The molecule has 0 bridgehead atoms. The van der Waals surface area contributed by atoms with Crippen LogP contribution in [0, 0.1) is 12.7 Å².